The lowest BCUT2D eigenvalue weighted by atomic mass is 9.67. The predicted octanol–water partition coefficient (Wildman–Crippen LogP) is 16.3. The number of hydrogen-bond acceptors (Lipinski definition) is 1. The lowest BCUT2D eigenvalue weighted by molar-refractivity contribution is 0.666. The van der Waals surface area contributed by atoms with Crippen molar-refractivity contribution in [1.29, 1.82) is 0 Å². The van der Waals surface area contributed by atoms with Gasteiger partial charge in [-0.25, -0.2) is 0 Å². The molecule has 0 heterocycles. The van der Waals surface area contributed by atoms with Crippen molar-refractivity contribution in [3.63, 3.8) is 0 Å². The van der Waals surface area contributed by atoms with Crippen LogP contribution in [0.3, 0.4) is 0 Å². The molecule has 0 unspecified atom stereocenters. The summed E-state index contributed by atoms with van der Waals surface area (Å²) in [7, 11) is 0. The van der Waals surface area contributed by atoms with Gasteiger partial charge in [0.2, 0.25) is 0 Å². The van der Waals surface area contributed by atoms with Crippen LogP contribution in [-0.2, 0) is 10.8 Å². The second-order valence-corrected chi connectivity index (χ2v) is 17.6. The number of fused-ring (bicyclic) bond motifs is 8. The lowest BCUT2D eigenvalue weighted by Gasteiger charge is -2.35. The zero-order chi connectivity index (χ0) is 42.1. The van der Waals surface area contributed by atoms with E-state index < -0.39 is 5.41 Å². The van der Waals surface area contributed by atoms with E-state index in [1.54, 1.807) is 0 Å². The number of benzene rings is 10. The van der Waals surface area contributed by atoms with E-state index in [1.165, 1.54) is 88.7 Å². The Morgan fingerprint density at radius 1 is 0.333 bits per heavy atom. The van der Waals surface area contributed by atoms with E-state index in [1.807, 2.05) is 0 Å². The van der Waals surface area contributed by atoms with Crippen molar-refractivity contribution >= 4 is 27.8 Å². The van der Waals surface area contributed by atoms with Crippen LogP contribution in [0, 0.1) is 0 Å². The van der Waals surface area contributed by atoms with E-state index in [2.05, 4.69) is 255 Å². The van der Waals surface area contributed by atoms with Crippen molar-refractivity contribution in [2.45, 2.75) is 24.7 Å². The minimum Gasteiger partial charge on any atom is -0.310 e. The number of nitrogens with zero attached hydrogens (tertiary/aromatic N) is 1. The molecule has 2 aliphatic rings. The molecule has 0 saturated heterocycles. The van der Waals surface area contributed by atoms with Gasteiger partial charge in [-0.3, -0.25) is 0 Å². The first kappa shape index (κ1) is 37.1. The van der Waals surface area contributed by atoms with Crippen LogP contribution in [0.5, 0.6) is 0 Å². The van der Waals surface area contributed by atoms with E-state index in [-0.39, 0.29) is 5.41 Å². The number of hydrogen-bond donors (Lipinski definition) is 0. The largest absolute Gasteiger partial charge is 0.310 e. The Hall–Kier alpha value is -7.74. The quantitative estimate of drug-likeness (QED) is 0.155. The highest BCUT2D eigenvalue weighted by Gasteiger charge is 2.46. The smallest absolute Gasteiger partial charge is 0.0714 e. The summed E-state index contributed by atoms with van der Waals surface area (Å²) in [5, 5.41) is 2.51. The Morgan fingerprint density at radius 3 is 1.52 bits per heavy atom. The summed E-state index contributed by atoms with van der Waals surface area (Å²) in [5.74, 6) is 0. The monoisotopic (exact) mass is 803 g/mol. The fourth-order valence-corrected chi connectivity index (χ4v) is 11.2. The summed E-state index contributed by atoms with van der Waals surface area (Å²) in [5.41, 5.74) is 20.6. The van der Waals surface area contributed by atoms with Gasteiger partial charge in [0, 0.05) is 22.2 Å². The minimum absolute atomic E-state index is 0.208. The summed E-state index contributed by atoms with van der Waals surface area (Å²) in [6.45, 7) is 4.81. The molecule has 0 atom stereocenters. The summed E-state index contributed by atoms with van der Waals surface area (Å²) in [4.78, 5) is 2.53. The molecule has 0 aromatic heterocycles. The second kappa shape index (κ2) is 14.4. The van der Waals surface area contributed by atoms with Gasteiger partial charge in [0.15, 0.2) is 0 Å². The van der Waals surface area contributed by atoms with Crippen LogP contribution < -0.4 is 4.90 Å². The van der Waals surface area contributed by atoms with Crippen molar-refractivity contribution < 1.29 is 0 Å². The Balaban J connectivity index is 1.16. The molecule has 0 spiro atoms. The predicted molar refractivity (Wildman–Crippen MR) is 264 cm³/mol. The Bertz CT molecular complexity index is 3290. The van der Waals surface area contributed by atoms with Crippen molar-refractivity contribution in [3.05, 3.63) is 270 Å². The topological polar surface area (TPSA) is 3.24 Å². The van der Waals surface area contributed by atoms with Crippen LogP contribution in [0.1, 0.15) is 47.2 Å². The summed E-state index contributed by atoms with van der Waals surface area (Å²) in [6.07, 6.45) is 0. The van der Waals surface area contributed by atoms with Crippen LogP contribution >= 0.6 is 0 Å². The van der Waals surface area contributed by atoms with Gasteiger partial charge in [0.25, 0.3) is 0 Å². The molecule has 1 nitrogen and oxygen atoms in total. The van der Waals surface area contributed by atoms with Gasteiger partial charge in [-0.1, -0.05) is 220 Å². The Morgan fingerprint density at radius 2 is 0.841 bits per heavy atom. The zero-order valence-corrected chi connectivity index (χ0v) is 35.5. The number of anilines is 3. The molecule has 1 heteroatoms. The van der Waals surface area contributed by atoms with E-state index in [4.69, 9.17) is 0 Å². The highest BCUT2D eigenvalue weighted by molar-refractivity contribution is 6.09. The zero-order valence-electron chi connectivity index (χ0n) is 35.5. The molecule has 0 aliphatic heterocycles. The molecule has 63 heavy (non-hydrogen) atoms. The summed E-state index contributed by atoms with van der Waals surface area (Å²) < 4.78 is 0. The molecule has 0 radical (unpaired) electrons. The average molecular weight is 804 g/mol. The molecule has 0 fully saturated rings. The van der Waals surface area contributed by atoms with Gasteiger partial charge in [-0.15, -0.1) is 0 Å². The summed E-state index contributed by atoms with van der Waals surface area (Å²) in [6, 6.07) is 87.7. The van der Waals surface area contributed by atoms with Crippen LogP contribution in [0.2, 0.25) is 0 Å². The van der Waals surface area contributed by atoms with E-state index >= 15 is 0 Å². The van der Waals surface area contributed by atoms with Gasteiger partial charge in [-0.2, -0.15) is 0 Å². The molecule has 0 bridgehead atoms. The molecule has 298 valence electrons. The van der Waals surface area contributed by atoms with Gasteiger partial charge < -0.3 is 4.90 Å². The van der Waals surface area contributed by atoms with Gasteiger partial charge in [0.05, 0.1) is 11.1 Å². The van der Waals surface area contributed by atoms with Gasteiger partial charge in [0.1, 0.15) is 0 Å². The van der Waals surface area contributed by atoms with E-state index in [9.17, 15) is 0 Å². The molecular weight excluding hydrogens is 759 g/mol. The minimum atomic E-state index is -0.527. The lowest BCUT2D eigenvalue weighted by Crippen LogP contribution is -2.28. The maximum Gasteiger partial charge on any atom is 0.0714 e. The van der Waals surface area contributed by atoms with E-state index in [0.717, 1.165) is 17.1 Å². The molecule has 0 saturated carbocycles. The first-order valence-corrected chi connectivity index (χ1v) is 22.1. The van der Waals surface area contributed by atoms with Crippen molar-refractivity contribution in [2.75, 3.05) is 4.90 Å². The fraction of sp³-hybridized carbons (Fsp3) is 0.0645. The first-order valence-electron chi connectivity index (χ1n) is 22.1. The van der Waals surface area contributed by atoms with E-state index in [0.29, 0.717) is 0 Å². The van der Waals surface area contributed by atoms with Crippen molar-refractivity contribution in [2.24, 2.45) is 0 Å². The van der Waals surface area contributed by atoms with Gasteiger partial charge >= 0.3 is 0 Å². The molecule has 0 N–H and O–H groups in total. The summed E-state index contributed by atoms with van der Waals surface area (Å²) >= 11 is 0. The normalized spacial score (nSPS) is 13.8. The maximum absolute atomic E-state index is 2.53. The molecule has 10 aromatic rings. The maximum atomic E-state index is 2.53. The first-order chi connectivity index (χ1) is 31.0. The average Bonchev–Trinajstić information content (AvgIpc) is 3.78. The number of rotatable bonds is 7. The highest BCUT2D eigenvalue weighted by Crippen LogP contribution is 2.59. The molecule has 12 rings (SSSR count). The second-order valence-electron chi connectivity index (χ2n) is 17.6. The Kier molecular flexibility index (Phi) is 8.49. The highest BCUT2D eigenvalue weighted by atomic mass is 15.1. The van der Waals surface area contributed by atoms with Crippen LogP contribution in [0.4, 0.5) is 17.1 Å². The molecular formula is C62H45N. The fourth-order valence-electron chi connectivity index (χ4n) is 11.2. The third kappa shape index (κ3) is 5.56. The van der Waals surface area contributed by atoms with Crippen LogP contribution in [-0.4, -0.2) is 0 Å². The van der Waals surface area contributed by atoms with Gasteiger partial charge in [-0.05, 0) is 114 Å². The standard InChI is InChI=1S/C62H45N/c1-61(2)56-33-19-31-49(44-22-9-4-10-23-44)59(56)54-41-58(52-29-15-16-30-53(52)60(54)61)63(47-36-34-43(35-37-47)42-20-7-3-8-21-42)48-38-39-51-50-28-17-18-32-55(50)62(57(51)40-48,45-24-11-5-12-25-45)46-26-13-6-14-27-46/h3-41H,1-2H3. The molecule has 10 aromatic carbocycles. The SMILES string of the molecule is CC1(C)c2cccc(-c3ccccc3)c2-c2cc(N(c3ccc(-c4ccccc4)cc3)c3ccc4c(c3)C(c3ccccc3)(c3ccccc3)c3ccccc3-4)c3ccccc3c21. The van der Waals surface area contributed by atoms with Crippen molar-refractivity contribution in [3.8, 4) is 44.5 Å². The molecule has 2 aliphatic carbocycles. The third-order valence-corrected chi connectivity index (χ3v) is 13.9. The molecule has 0 amide bonds. The van der Waals surface area contributed by atoms with Crippen molar-refractivity contribution in [1.82, 2.24) is 0 Å². The Labute approximate surface area is 370 Å². The third-order valence-electron chi connectivity index (χ3n) is 13.9. The van der Waals surface area contributed by atoms with Crippen LogP contribution in [0.15, 0.2) is 237 Å². The van der Waals surface area contributed by atoms with Crippen LogP contribution in [0.25, 0.3) is 55.3 Å².